The zero-order chi connectivity index (χ0) is 21.2. The molecule has 0 bridgehead atoms. The maximum atomic E-state index is 13.2. The quantitative estimate of drug-likeness (QED) is 0.627. The van der Waals surface area contributed by atoms with Gasteiger partial charge in [-0.3, -0.25) is 4.68 Å². The fraction of sp³-hybridized carbons (Fsp3) is 0.318. The molecule has 4 rings (SSSR count). The molecule has 8 heteroatoms. The minimum Gasteiger partial charge on any atom is -0.396 e. The molecule has 6 nitrogen and oxygen atoms in total. The minimum atomic E-state index is -3.71. The van der Waals surface area contributed by atoms with E-state index in [1.165, 1.54) is 22.6 Å². The van der Waals surface area contributed by atoms with Crippen molar-refractivity contribution in [3.05, 3.63) is 83.9 Å². The van der Waals surface area contributed by atoms with E-state index >= 15 is 0 Å². The van der Waals surface area contributed by atoms with E-state index in [0.29, 0.717) is 25.9 Å². The van der Waals surface area contributed by atoms with Crippen LogP contribution < -0.4 is 0 Å². The largest absolute Gasteiger partial charge is 0.396 e. The molecule has 2 aromatic carbocycles. The molecule has 1 saturated heterocycles. The van der Waals surface area contributed by atoms with Crippen LogP contribution in [0.15, 0.2) is 71.9 Å². The maximum absolute atomic E-state index is 13.2. The van der Waals surface area contributed by atoms with Crippen molar-refractivity contribution in [1.82, 2.24) is 14.1 Å². The highest BCUT2D eigenvalue weighted by molar-refractivity contribution is 7.89. The Balaban J connectivity index is 1.49. The van der Waals surface area contributed by atoms with Crippen LogP contribution in [0.4, 0.5) is 4.39 Å². The summed E-state index contributed by atoms with van der Waals surface area (Å²) in [4.78, 5) is 0.147. The normalized spacial score (nSPS) is 19.9. The summed E-state index contributed by atoms with van der Waals surface area (Å²) in [5.74, 6) is -0.320. The Kier molecular flexibility index (Phi) is 5.73. The van der Waals surface area contributed by atoms with Crippen LogP contribution in [-0.2, 0) is 23.0 Å². The fourth-order valence-corrected chi connectivity index (χ4v) is 5.46. The summed E-state index contributed by atoms with van der Waals surface area (Å²) in [6, 6.07) is 15.8. The smallest absolute Gasteiger partial charge is 0.246 e. The molecule has 30 heavy (non-hydrogen) atoms. The van der Waals surface area contributed by atoms with Gasteiger partial charge in [0, 0.05) is 24.7 Å². The first-order chi connectivity index (χ1) is 14.4. The lowest BCUT2D eigenvalue weighted by atomic mass is 9.82. The molecule has 3 aromatic rings. The molecular weight excluding hydrogens is 405 g/mol. The third-order valence-electron chi connectivity index (χ3n) is 5.67. The molecule has 1 fully saturated rings. The Morgan fingerprint density at radius 1 is 1.07 bits per heavy atom. The maximum Gasteiger partial charge on any atom is 0.246 e. The summed E-state index contributed by atoms with van der Waals surface area (Å²) in [5, 5.41) is 14.3. The highest BCUT2D eigenvalue weighted by Crippen LogP contribution is 2.36. The molecule has 0 spiro atoms. The molecule has 0 aliphatic carbocycles. The average Bonchev–Trinajstić information content (AvgIpc) is 3.39. The molecule has 0 amide bonds. The van der Waals surface area contributed by atoms with Gasteiger partial charge in [0.1, 0.15) is 10.7 Å². The van der Waals surface area contributed by atoms with Gasteiger partial charge < -0.3 is 5.11 Å². The van der Waals surface area contributed by atoms with E-state index < -0.39 is 15.4 Å². The van der Waals surface area contributed by atoms with Crippen LogP contribution in [0.25, 0.3) is 0 Å². The van der Waals surface area contributed by atoms with Crippen LogP contribution >= 0.6 is 0 Å². The Bertz CT molecular complexity index is 1100. The minimum absolute atomic E-state index is 0.135. The van der Waals surface area contributed by atoms with E-state index in [1.807, 2.05) is 30.3 Å². The first-order valence-corrected chi connectivity index (χ1v) is 11.3. The van der Waals surface area contributed by atoms with Gasteiger partial charge in [0.05, 0.1) is 19.3 Å². The van der Waals surface area contributed by atoms with E-state index in [9.17, 15) is 17.9 Å². The first kappa shape index (κ1) is 20.7. The number of hydrogen-bond donors (Lipinski definition) is 1. The van der Waals surface area contributed by atoms with Gasteiger partial charge >= 0.3 is 0 Å². The number of hydrogen-bond acceptors (Lipinski definition) is 4. The zero-order valence-corrected chi connectivity index (χ0v) is 17.3. The Morgan fingerprint density at radius 3 is 2.50 bits per heavy atom. The number of aromatic nitrogens is 2. The standard InChI is InChI=1S/C22H24FN3O3S/c23-20-8-6-18(7-9-20)12-22(17-27)10-11-26(16-22)30(28,29)21-13-24-25(15-21)14-19-4-2-1-3-5-19/h1-9,13,15,27H,10-12,14,16-17H2. The lowest BCUT2D eigenvalue weighted by Crippen LogP contribution is -2.35. The summed E-state index contributed by atoms with van der Waals surface area (Å²) in [5.41, 5.74) is 1.33. The lowest BCUT2D eigenvalue weighted by molar-refractivity contribution is 0.137. The van der Waals surface area contributed by atoms with Crippen molar-refractivity contribution < 1.29 is 17.9 Å². The second-order valence-corrected chi connectivity index (χ2v) is 9.85. The molecule has 0 saturated carbocycles. The van der Waals surface area contributed by atoms with E-state index in [-0.39, 0.29) is 23.9 Å². The van der Waals surface area contributed by atoms with Crippen LogP contribution in [-0.4, -0.2) is 47.3 Å². The zero-order valence-electron chi connectivity index (χ0n) is 16.5. The summed E-state index contributed by atoms with van der Waals surface area (Å²) >= 11 is 0. The van der Waals surface area contributed by atoms with Gasteiger partial charge in [0.25, 0.3) is 0 Å². The van der Waals surface area contributed by atoms with Crippen LogP contribution in [0.2, 0.25) is 0 Å². The van der Waals surface area contributed by atoms with Gasteiger partial charge in [0.15, 0.2) is 0 Å². The van der Waals surface area contributed by atoms with Gasteiger partial charge in [-0.25, -0.2) is 12.8 Å². The molecule has 158 valence electrons. The molecule has 1 atom stereocenters. The van der Waals surface area contributed by atoms with Crippen molar-refractivity contribution in [3.63, 3.8) is 0 Å². The van der Waals surface area contributed by atoms with Crippen molar-refractivity contribution in [2.75, 3.05) is 19.7 Å². The molecule has 0 radical (unpaired) electrons. The SMILES string of the molecule is O=S(=O)(c1cnn(Cc2ccccc2)c1)N1CCC(CO)(Cc2ccc(F)cc2)C1. The molecule has 1 N–H and O–H groups in total. The first-order valence-electron chi connectivity index (χ1n) is 9.82. The number of aliphatic hydroxyl groups excluding tert-OH is 1. The van der Waals surface area contributed by atoms with Crippen LogP contribution in [0.5, 0.6) is 0 Å². The number of rotatable bonds is 7. The number of halogens is 1. The van der Waals surface area contributed by atoms with Crippen molar-refractivity contribution in [1.29, 1.82) is 0 Å². The van der Waals surface area contributed by atoms with Crippen molar-refractivity contribution >= 4 is 10.0 Å². The van der Waals surface area contributed by atoms with Gasteiger partial charge in [-0.1, -0.05) is 42.5 Å². The number of nitrogens with zero attached hydrogens (tertiary/aromatic N) is 3. The van der Waals surface area contributed by atoms with Crippen LogP contribution in [0, 0.1) is 11.2 Å². The van der Waals surface area contributed by atoms with Crippen molar-refractivity contribution in [3.8, 4) is 0 Å². The monoisotopic (exact) mass is 429 g/mol. The van der Waals surface area contributed by atoms with Gasteiger partial charge in [0.2, 0.25) is 10.0 Å². The Morgan fingerprint density at radius 2 is 1.80 bits per heavy atom. The van der Waals surface area contributed by atoms with Crippen molar-refractivity contribution in [2.45, 2.75) is 24.3 Å². The van der Waals surface area contributed by atoms with Gasteiger partial charge in [-0.2, -0.15) is 9.40 Å². The highest BCUT2D eigenvalue weighted by atomic mass is 32.2. The summed E-state index contributed by atoms with van der Waals surface area (Å²) in [7, 11) is -3.71. The molecule has 1 aromatic heterocycles. The topological polar surface area (TPSA) is 75.4 Å². The molecule has 2 heterocycles. The van der Waals surface area contributed by atoms with Crippen LogP contribution in [0.1, 0.15) is 17.5 Å². The average molecular weight is 430 g/mol. The Hall–Kier alpha value is -2.55. The van der Waals surface area contributed by atoms with E-state index in [4.69, 9.17) is 0 Å². The van der Waals surface area contributed by atoms with E-state index in [2.05, 4.69) is 5.10 Å². The number of aliphatic hydroxyl groups is 1. The molecule has 1 unspecified atom stereocenters. The van der Waals surface area contributed by atoms with Crippen molar-refractivity contribution in [2.24, 2.45) is 5.41 Å². The molecular formula is C22H24FN3O3S. The van der Waals surface area contributed by atoms with Gasteiger partial charge in [-0.15, -0.1) is 0 Å². The van der Waals surface area contributed by atoms with E-state index in [0.717, 1.165) is 11.1 Å². The molecule has 1 aliphatic heterocycles. The second kappa shape index (κ2) is 8.29. The number of benzene rings is 2. The highest BCUT2D eigenvalue weighted by Gasteiger charge is 2.43. The Labute approximate surface area is 175 Å². The third-order valence-corrected chi connectivity index (χ3v) is 7.46. The third kappa shape index (κ3) is 4.30. The number of sulfonamides is 1. The summed E-state index contributed by atoms with van der Waals surface area (Å²) < 4.78 is 42.5. The summed E-state index contributed by atoms with van der Waals surface area (Å²) in [6.45, 7) is 0.895. The lowest BCUT2D eigenvalue weighted by Gasteiger charge is -2.27. The fourth-order valence-electron chi connectivity index (χ4n) is 3.95. The molecule has 1 aliphatic rings. The second-order valence-electron chi connectivity index (χ2n) is 7.91. The van der Waals surface area contributed by atoms with Gasteiger partial charge in [-0.05, 0) is 36.1 Å². The predicted octanol–water partition coefficient (Wildman–Crippen LogP) is 2.69. The van der Waals surface area contributed by atoms with Crippen LogP contribution in [0.3, 0.4) is 0 Å². The summed E-state index contributed by atoms with van der Waals surface area (Å²) in [6.07, 6.45) is 3.94. The van der Waals surface area contributed by atoms with E-state index in [1.54, 1.807) is 23.0 Å². The predicted molar refractivity (Wildman–Crippen MR) is 111 cm³/mol.